The Kier molecular flexibility index (Phi) is 10.1. The second-order valence-corrected chi connectivity index (χ2v) is 10.8. The number of piperidine rings is 1. The molecule has 1 aliphatic rings. The summed E-state index contributed by atoms with van der Waals surface area (Å²) in [6.45, 7) is 6.20. The number of nitrogens with one attached hydrogen (secondary N) is 2. The van der Waals surface area contributed by atoms with E-state index < -0.39 is 20.8 Å². The second kappa shape index (κ2) is 12.3. The summed E-state index contributed by atoms with van der Waals surface area (Å²) in [6.07, 6.45) is 2.16. The summed E-state index contributed by atoms with van der Waals surface area (Å²) in [4.78, 5) is 4.56. The molecule has 2 N–H and O–H groups in total. The summed E-state index contributed by atoms with van der Waals surface area (Å²) in [5.74, 6) is 1.98. The fourth-order valence-corrected chi connectivity index (χ4v) is 5.82. The van der Waals surface area contributed by atoms with Gasteiger partial charge in [0.15, 0.2) is 5.96 Å². The van der Waals surface area contributed by atoms with Crippen molar-refractivity contribution >= 4 is 26.8 Å². The van der Waals surface area contributed by atoms with E-state index in [2.05, 4.69) is 15.6 Å². The molecule has 7 nitrogen and oxygen atoms in total. The molecule has 29 heavy (non-hydrogen) atoms. The van der Waals surface area contributed by atoms with Crippen molar-refractivity contribution < 1.29 is 12.6 Å². The zero-order valence-electron chi connectivity index (χ0n) is 17.5. The molecular weight excluding hydrogens is 408 g/mol. The predicted molar refractivity (Wildman–Crippen MR) is 121 cm³/mol. The molecule has 0 amide bonds. The highest BCUT2D eigenvalue weighted by atomic mass is 32.2. The van der Waals surface area contributed by atoms with Crippen LogP contribution in [0.1, 0.15) is 38.7 Å². The van der Waals surface area contributed by atoms with Gasteiger partial charge in [-0.2, -0.15) is 0 Å². The lowest BCUT2D eigenvalue weighted by atomic mass is 10.1. The van der Waals surface area contributed by atoms with Gasteiger partial charge in [0, 0.05) is 48.0 Å². The van der Waals surface area contributed by atoms with Gasteiger partial charge in [0.05, 0.1) is 12.3 Å². The van der Waals surface area contributed by atoms with E-state index in [1.807, 2.05) is 44.2 Å². The van der Waals surface area contributed by atoms with Crippen LogP contribution in [0.5, 0.6) is 0 Å². The minimum absolute atomic E-state index is 0.190. The van der Waals surface area contributed by atoms with E-state index in [4.69, 9.17) is 0 Å². The SMILES string of the molecule is CCCS(=O)(=O)N1CCC(NC(=NCCS(=O)Cc2ccccc2)NCC)CC1. The third kappa shape index (κ3) is 8.44. The van der Waals surface area contributed by atoms with Crippen molar-refractivity contribution in [3.8, 4) is 0 Å². The molecule has 1 heterocycles. The molecule has 0 spiro atoms. The minimum atomic E-state index is -3.12. The number of sulfonamides is 1. The fourth-order valence-electron chi connectivity index (χ4n) is 3.27. The van der Waals surface area contributed by atoms with Crippen molar-refractivity contribution in [1.82, 2.24) is 14.9 Å². The Morgan fingerprint density at radius 2 is 1.90 bits per heavy atom. The first-order chi connectivity index (χ1) is 13.9. The number of aliphatic imine (C=N–C) groups is 1. The van der Waals surface area contributed by atoms with Gasteiger partial charge >= 0.3 is 0 Å². The topological polar surface area (TPSA) is 90.9 Å². The smallest absolute Gasteiger partial charge is 0.214 e. The minimum Gasteiger partial charge on any atom is -0.357 e. The van der Waals surface area contributed by atoms with Crippen LogP contribution in [-0.2, 0) is 26.6 Å². The average molecular weight is 443 g/mol. The summed E-state index contributed by atoms with van der Waals surface area (Å²) in [6, 6.07) is 10.0. The molecule has 1 aromatic carbocycles. The first-order valence-corrected chi connectivity index (χ1v) is 13.5. The van der Waals surface area contributed by atoms with Crippen LogP contribution in [0.25, 0.3) is 0 Å². The lowest BCUT2D eigenvalue weighted by Crippen LogP contribution is -2.50. The number of guanidine groups is 1. The number of rotatable bonds is 10. The van der Waals surface area contributed by atoms with E-state index in [1.54, 1.807) is 4.31 Å². The highest BCUT2D eigenvalue weighted by Crippen LogP contribution is 2.15. The molecule has 1 aliphatic heterocycles. The van der Waals surface area contributed by atoms with Crippen LogP contribution >= 0.6 is 0 Å². The van der Waals surface area contributed by atoms with Crippen molar-refractivity contribution in [2.45, 2.75) is 44.9 Å². The Morgan fingerprint density at radius 1 is 1.21 bits per heavy atom. The van der Waals surface area contributed by atoms with Gasteiger partial charge in [-0.25, -0.2) is 12.7 Å². The van der Waals surface area contributed by atoms with E-state index in [1.165, 1.54) is 0 Å². The molecule has 1 aromatic rings. The standard InChI is InChI=1S/C20H34N4O3S2/c1-3-16-29(26,27)24-13-10-19(11-14-24)23-20(21-4-2)22-12-15-28(25)17-18-8-6-5-7-9-18/h5-9,19H,3-4,10-17H2,1-2H3,(H2,21,22,23). The normalized spacial score (nSPS) is 17.8. The van der Waals surface area contributed by atoms with Crippen LogP contribution in [0.4, 0.5) is 0 Å². The van der Waals surface area contributed by atoms with E-state index in [-0.39, 0.29) is 11.8 Å². The molecule has 1 unspecified atom stereocenters. The third-order valence-corrected chi connectivity index (χ3v) is 8.12. The van der Waals surface area contributed by atoms with Crippen LogP contribution < -0.4 is 10.6 Å². The van der Waals surface area contributed by atoms with Gasteiger partial charge in [0.1, 0.15) is 0 Å². The Balaban J connectivity index is 1.80. The van der Waals surface area contributed by atoms with Crippen LogP contribution in [0.2, 0.25) is 0 Å². The van der Waals surface area contributed by atoms with Gasteiger partial charge in [-0.15, -0.1) is 0 Å². The second-order valence-electron chi connectivity index (χ2n) is 7.17. The number of benzene rings is 1. The summed E-state index contributed by atoms with van der Waals surface area (Å²) >= 11 is 0. The predicted octanol–water partition coefficient (Wildman–Crippen LogP) is 1.69. The zero-order chi connectivity index (χ0) is 21.1. The number of hydrogen-bond donors (Lipinski definition) is 2. The highest BCUT2D eigenvalue weighted by molar-refractivity contribution is 7.89. The monoisotopic (exact) mass is 442 g/mol. The zero-order valence-corrected chi connectivity index (χ0v) is 19.1. The number of hydrogen-bond acceptors (Lipinski definition) is 4. The fraction of sp³-hybridized carbons (Fsp3) is 0.650. The van der Waals surface area contributed by atoms with Crippen molar-refractivity contribution in [3.05, 3.63) is 35.9 Å². The molecule has 0 aromatic heterocycles. The Labute approximate surface area is 177 Å². The van der Waals surface area contributed by atoms with Crippen molar-refractivity contribution in [1.29, 1.82) is 0 Å². The molecule has 1 saturated heterocycles. The van der Waals surface area contributed by atoms with E-state index in [9.17, 15) is 12.6 Å². The Hall–Kier alpha value is -1.45. The van der Waals surface area contributed by atoms with Crippen molar-refractivity contribution in [2.24, 2.45) is 4.99 Å². The van der Waals surface area contributed by atoms with Crippen molar-refractivity contribution in [3.63, 3.8) is 0 Å². The van der Waals surface area contributed by atoms with Crippen LogP contribution in [-0.4, -0.2) is 66.6 Å². The van der Waals surface area contributed by atoms with Crippen LogP contribution in [0.15, 0.2) is 35.3 Å². The van der Waals surface area contributed by atoms with Crippen LogP contribution in [0, 0.1) is 0 Å². The van der Waals surface area contributed by atoms with Gasteiger partial charge < -0.3 is 10.6 Å². The molecule has 2 rings (SSSR count). The maximum Gasteiger partial charge on any atom is 0.214 e. The largest absolute Gasteiger partial charge is 0.357 e. The molecule has 9 heteroatoms. The Bertz CT molecular complexity index is 761. The summed E-state index contributed by atoms with van der Waals surface area (Å²) < 4.78 is 38.3. The molecule has 0 bridgehead atoms. The maximum absolute atomic E-state index is 12.3. The molecule has 164 valence electrons. The number of nitrogens with zero attached hydrogens (tertiary/aromatic N) is 2. The lowest BCUT2D eigenvalue weighted by molar-refractivity contribution is 0.306. The summed E-state index contributed by atoms with van der Waals surface area (Å²) in [5, 5.41) is 6.63. The van der Waals surface area contributed by atoms with E-state index >= 15 is 0 Å². The van der Waals surface area contributed by atoms with Gasteiger partial charge in [0.25, 0.3) is 0 Å². The molecule has 0 saturated carbocycles. The van der Waals surface area contributed by atoms with E-state index in [0.29, 0.717) is 43.5 Å². The van der Waals surface area contributed by atoms with Gasteiger partial charge in [-0.3, -0.25) is 9.20 Å². The first-order valence-electron chi connectivity index (χ1n) is 10.4. The molecular formula is C20H34N4O3S2. The third-order valence-electron chi connectivity index (χ3n) is 4.75. The highest BCUT2D eigenvalue weighted by Gasteiger charge is 2.27. The van der Waals surface area contributed by atoms with Gasteiger partial charge in [0.2, 0.25) is 10.0 Å². The Morgan fingerprint density at radius 3 is 2.52 bits per heavy atom. The van der Waals surface area contributed by atoms with Crippen molar-refractivity contribution in [2.75, 3.05) is 37.7 Å². The molecule has 0 radical (unpaired) electrons. The first kappa shape index (κ1) is 23.8. The van der Waals surface area contributed by atoms with Gasteiger partial charge in [-0.05, 0) is 31.7 Å². The summed E-state index contributed by atoms with van der Waals surface area (Å²) in [5.41, 5.74) is 1.07. The van der Waals surface area contributed by atoms with Crippen LogP contribution in [0.3, 0.4) is 0 Å². The lowest BCUT2D eigenvalue weighted by Gasteiger charge is -2.32. The molecule has 1 fully saturated rings. The maximum atomic E-state index is 12.3. The van der Waals surface area contributed by atoms with E-state index in [0.717, 1.165) is 24.9 Å². The quantitative estimate of drug-likeness (QED) is 0.425. The van der Waals surface area contributed by atoms with Gasteiger partial charge in [-0.1, -0.05) is 37.3 Å². The molecule has 0 aliphatic carbocycles. The average Bonchev–Trinajstić information content (AvgIpc) is 2.69. The summed E-state index contributed by atoms with van der Waals surface area (Å²) in [7, 11) is -4.07. The molecule has 1 atom stereocenters.